The molecule has 0 aliphatic heterocycles. The maximum absolute atomic E-state index is 10.2. The van der Waals surface area contributed by atoms with Crippen LogP contribution in [0.15, 0.2) is 0 Å². The van der Waals surface area contributed by atoms with E-state index >= 15 is 0 Å². The van der Waals surface area contributed by atoms with Gasteiger partial charge in [0, 0.05) is 37.6 Å². The molecule has 0 radical (unpaired) electrons. The Kier molecular flexibility index (Phi) is 25.0. The predicted octanol–water partition coefficient (Wildman–Crippen LogP) is -2.41. The van der Waals surface area contributed by atoms with Gasteiger partial charge >= 0.3 is 17.4 Å². The molecule has 0 amide bonds. The fourth-order valence-electron chi connectivity index (χ4n) is 0.572. The molecule has 8 heteroatoms. The summed E-state index contributed by atoms with van der Waals surface area (Å²) in [6, 6.07) is 0. The molecule has 0 aromatic carbocycles. The van der Waals surface area contributed by atoms with Gasteiger partial charge in [-0.3, -0.25) is 9.59 Å². The predicted molar refractivity (Wildman–Crippen MR) is 70.7 cm³/mol. The number of Topliss-reactive ketones (excluding diaryl/α,β-unsaturated/α-hetero) is 2. The summed E-state index contributed by atoms with van der Waals surface area (Å²) in [6.45, 7) is 6.45. The maximum atomic E-state index is 10.2. The molecule has 0 unspecified atom stereocenters. The van der Waals surface area contributed by atoms with Crippen molar-refractivity contribution in [1.29, 1.82) is 0 Å². The number of aliphatic carboxylic acids is 2. The Labute approximate surface area is 135 Å². The first-order valence-electron chi connectivity index (χ1n) is 6.15. The van der Waals surface area contributed by atoms with E-state index in [0.717, 1.165) is 0 Å². The third kappa shape index (κ3) is 45.5. The Bertz CT molecular complexity index is 283. The van der Waals surface area contributed by atoms with Gasteiger partial charge in [0.25, 0.3) is 0 Å². The minimum Gasteiger partial charge on any atom is -0.852 e. The van der Waals surface area contributed by atoms with E-state index in [1.54, 1.807) is 27.7 Å². The van der Waals surface area contributed by atoms with E-state index in [0.29, 0.717) is 0 Å². The molecule has 0 heterocycles. The zero-order chi connectivity index (χ0) is 16.7. The van der Waals surface area contributed by atoms with Crippen molar-refractivity contribution in [3.8, 4) is 0 Å². The van der Waals surface area contributed by atoms with Crippen molar-refractivity contribution in [3.05, 3.63) is 0 Å². The second-order valence-corrected chi connectivity index (χ2v) is 3.93. The maximum Gasteiger partial charge on any atom is 3.00 e. The van der Waals surface area contributed by atoms with Crippen LogP contribution < -0.4 is 15.3 Å². The number of carboxylic acid groups (broad SMARTS) is 2. The zero-order valence-corrected chi connectivity index (χ0v) is 14.0. The van der Waals surface area contributed by atoms with Crippen molar-refractivity contribution in [3.63, 3.8) is 0 Å². The van der Waals surface area contributed by atoms with Crippen LogP contribution in [-0.4, -0.2) is 47.0 Å². The molecule has 0 spiro atoms. The van der Waals surface area contributed by atoms with Crippen molar-refractivity contribution >= 4 is 40.9 Å². The van der Waals surface area contributed by atoms with Crippen molar-refractivity contribution in [2.45, 2.75) is 59.5 Å². The van der Waals surface area contributed by atoms with E-state index in [4.69, 9.17) is 0 Å². The van der Waals surface area contributed by atoms with Gasteiger partial charge in [-0.05, 0) is 0 Å². The number of carbonyl (C=O) groups is 4. The van der Waals surface area contributed by atoms with Crippen LogP contribution in [0.4, 0.5) is 0 Å². The Morgan fingerprint density at radius 3 is 1.05 bits per heavy atom. The van der Waals surface area contributed by atoms with Crippen LogP contribution in [0.1, 0.15) is 53.4 Å². The van der Waals surface area contributed by atoms with Crippen LogP contribution in [0.3, 0.4) is 0 Å². The topological polar surface area (TPSA) is 137 Å². The van der Waals surface area contributed by atoms with Gasteiger partial charge in [-0.2, -0.15) is 0 Å². The number of rotatable bonds is 6. The quantitative estimate of drug-likeness (QED) is 0.393. The van der Waals surface area contributed by atoms with Gasteiger partial charge in [-0.1, -0.05) is 27.7 Å². The summed E-state index contributed by atoms with van der Waals surface area (Å²) in [6.07, 6.45) is -0.769. The average Bonchev–Trinajstić information content (AvgIpc) is 2.27. The number of hydrogen-bond donors (Lipinski definition) is 0. The third-order valence-electron chi connectivity index (χ3n) is 1.47. The van der Waals surface area contributed by atoms with E-state index < -0.39 is 30.9 Å². The number of hydrogen-bond acceptors (Lipinski definition) is 7. The van der Waals surface area contributed by atoms with E-state index in [1.807, 2.05) is 0 Å². The van der Waals surface area contributed by atoms with Crippen LogP contribution in [0.5, 0.6) is 0 Å². The molecule has 0 saturated heterocycles. The first-order valence-corrected chi connectivity index (χ1v) is 6.15. The number of ketones is 2. The molecule has 0 bridgehead atoms. The number of carbonyl (C=O) groups excluding carboxylic acids is 4. The molecule has 0 N–H and O–H groups in total. The molecular formula is C13H21AlO7. The Hall–Kier alpha value is -1.23. The summed E-state index contributed by atoms with van der Waals surface area (Å²) >= 11 is 0. The Morgan fingerprint density at radius 2 is 1.00 bits per heavy atom. The van der Waals surface area contributed by atoms with Crippen LogP contribution >= 0.6 is 0 Å². The monoisotopic (exact) mass is 316 g/mol. The van der Waals surface area contributed by atoms with Crippen molar-refractivity contribution in [1.82, 2.24) is 0 Å². The molecule has 7 nitrogen and oxygen atoms in total. The van der Waals surface area contributed by atoms with Crippen LogP contribution in [0.25, 0.3) is 0 Å². The summed E-state index contributed by atoms with van der Waals surface area (Å²) in [7, 11) is 0. The molecular weight excluding hydrogens is 295 g/mol. The molecule has 0 rings (SSSR count). The minimum absolute atomic E-state index is 0. The molecule has 118 valence electrons. The van der Waals surface area contributed by atoms with Gasteiger partial charge in [0.2, 0.25) is 0 Å². The van der Waals surface area contributed by atoms with Crippen molar-refractivity contribution < 1.29 is 34.5 Å². The normalized spacial score (nSPS) is 8.29. The van der Waals surface area contributed by atoms with E-state index in [-0.39, 0.29) is 41.8 Å². The molecule has 0 aromatic heterocycles. The summed E-state index contributed by atoms with van der Waals surface area (Å²) in [4.78, 5) is 39.7. The molecule has 0 aromatic rings. The fourth-order valence-corrected chi connectivity index (χ4v) is 0.572. The molecule has 0 aliphatic carbocycles. The average molecular weight is 316 g/mol. The van der Waals surface area contributed by atoms with Crippen LogP contribution in [0.2, 0.25) is 0 Å². The SMILES string of the molecule is CC(C)[O-].CCC(=O)CC(=O)[O-].CCC(=O)CC(=O)[O-].[Al+3]. The first kappa shape index (κ1) is 28.0. The first-order chi connectivity index (χ1) is 9.06. The summed E-state index contributed by atoms with van der Waals surface area (Å²) in [5.74, 6) is -3.16. The summed E-state index contributed by atoms with van der Waals surface area (Å²) < 4.78 is 0. The third-order valence-corrected chi connectivity index (χ3v) is 1.47. The minimum atomic E-state index is -1.29. The standard InChI is InChI=1S/2C5H8O3.C3H7O.Al/c2*1-2-4(6)3-5(7)8;1-3(2)4;/h2*2-3H2,1H3,(H,7,8);3H,1-2H3;/q;;-1;+3/p-2. The largest absolute Gasteiger partial charge is 3.00 e. The smallest absolute Gasteiger partial charge is 0.852 e. The van der Waals surface area contributed by atoms with Gasteiger partial charge < -0.3 is 24.9 Å². The molecule has 0 fully saturated rings. The Balaban J connectivity index is -0.000000107. The van der Waals surface area contributed by atoms with Crippen molar-refractivity contribution in [2.24, 2.45) is 0 Å². The second kappa shape index (κ2) is 18.8. The van der Waals surface area contributed by atoms with Crippen LogP contribution in [-0.2, 0) is 19.2 Å². The van der Waals surface area contributed by atoms with Crippen molar-refractivity contribution in [2.75, 3.05) is 0 Å². The van der Waals surface area contributed by atoms with Gasteiger partial charge in [0.15, 0.2) is 0 Å². The molecule has 0 atom stereocenters. The fraction of sp³-hybridized carbons (Fsp3) is 0.692. The zero-order valence-electron chi connectivity index (χ0n) is 12.8. The van der Waals surface area contributed by atoms with E-state index in [9.17, 15) is 34.5 Å². The van der Waals surface area contributed by atoms with Gasteiger partial charge in [0.1, 0.15) is 11.6 Å². The molecule has 0 saturated carbocycles. The Morgan fingerprint density at radius 1 is 0.810 bits per heavy atom. The molecule has 21 heavy (non-hydrogen) atoms. The van der Waals surface area contributed by atoms with Crippen LogP contribution in [0, 0.1) is 0 Å². The van der Waals surface area contributed by atoms with Gasteiger partial charge in [-0.25, -0.2) is 0 Å². The number of carboxylic acids is 2. The van der Waals surface area contributed by atoms with Gasteiger partial charge in [0.05, 0.1) is 0 Å². The van der Waals surface area contributed by atoms with E-state index in [1.165, 1.54) is 0 Å². The van der Waals surface area contributed by atoms with Gasteiger partial charge in [-0.15, -0.1) is 6.10 Å². The summed E-state index contributed by atoms with van der Waals surface area (Å²) in [5.41, 5.74) is 0. The summed E-state index contributed by atoms with van der Waals surface area (Å²) in [5, 5.41) is 28.8. The van der Waals surface area contributed by atoms with E-state index in [2.05, 4.69) is 0 Å². The second-order valence-electron chi connectivity index (χ2n) is 3.93. The molecule has 0 aliphatic rings.